The Labute approximate surface area is 130 Å². The summed E-state index contributed by atoms with van der Waals surface area (Å²) in [6, 6.07) is 9.63. The molecular weight excluding hydrogens is 282 g/mol. The molecule has 1 aromatic carbocycles. The second kappa shape index (κ2) is 7.48. The molecule has 0 N–H and O–H groups in total. The molecule has 2 rings (SSSR count). The highest BCUT2D eigenvalue weighted by molar-refractivity contribution is 8.00. The molecule has 0 unspecified atom stereocenters. The fourth-order valence-electron chi connectivity index (χ4n) is 2.44. The summed E-state index contributed by atoms with van der Waals surface area (Å²) < 4.78 is 0. The zero-order valence-electron chi connectivity index (χ0n) is 12.6. The SMILES string of the molecule is CCN1CCN(C(=O)[C@@H](C)Sc2ccccc2C#N)CC1. The van der Waals surface area contributed by atoms with Gasteiger partial charge in [-0.1, -0.05) is 19.1 Å². The third kappa shape index (κ3) is 3.99. The van der Waals surface area contributed by atoms with Crippen molar-refractivity contribution >= 4 is 17.7 Å². The van der Waals surface area contributed by atoms with E-state index >= 15 is 0 Å². The average molecular weight is 303 g/mol. The van der Waals surface area contributed by atoms with Gasteiger partial charge in [0.2, 0.25) is 5.91 Å². The van der Waals surface area contributed by atoms with Crippen LogP contribution in [0.2, 0.25) is 0 Å². The number of piperazine rings is 1. The van der Waals surface area contributed by atoms with E-state index in [1.54, 1.807) is 6.07 Å². The maximum absolute atomic E-state index is 12.5. The highest BCUT2D eigenvalue weighted by atomic mass is 32.2. The molecule has 0 aliphatic carbocycles. The summed E-state index contributed by atoms with van der Waals surface area (Å²) in [6.07, 6.45) is 0. The van der Waals surface area contributed by atoms with Gasteiger partial charge in [-0.2, -0.15) is 5.26 Å². The molecule has 21 heavy (non-hydrogen) atoms. The van der Waals surface area contributed by atoms with Crippen LogP contribution < -0.4 is 0 Å². The summed E-state index contributed by atoms with van der Waals surface area (Å²) in [6.45, 7) is 8.63. The zero-order valence-corrected chi connectivity index (χ0v) is 13.4. The Morgan fingerprint density at radius 3 is 2.62 bits per heavy atom. The van der Waals surface area contributed by atoms with Crippen LogP contribution in [0.1, 0.15) is 19.4 Å². The molecule has 0 spiro atoms. The third-order valence-electron chi connectivity index (χ3n) is 3.79. The van der Waals surface area contributed by atoms with Crippen molar-refractivity contribution < 1.29 is 4.79 Å². The van der Waals surface area contributed by atoms with E-state index in [4.69, 9.17) is 5.26 Å². The summed E-state index contributed by atoms with van der Waals surface area (Å²) in [5.41, 5.74) is 0.637. The number of likely N-dealkylation sites (N-methyl/N-ethyl adjacent to an activating group) is 1. The van der Waals surface area contributed by atoms with Gasteiger partial charge >= 0.3 is 0 Å². The lowest BCUT2D eigenvalue weighted by Gasteiger charge is -2.35. The second-order valence-corrected chi connectivity index (χ2v) is 6.51. The Balaban J connectivity index is 1.96. The van der Waals surface area contributed by atoms with E-state index in [9.17, 15) is 4.79 Å². The van der Waals surface area contributed by atoms with Crippen LogP contribution in [0, 0.1) is 11.3 Å². The van der Waals surface area contributed by atoms with Crippen LogP contribution in [0.5, 0.6) is 0 Å². The van der Waals surface area contributed by atoms with Gasteiger partial charge in [0.15, 0.2) is 0 Å². The summed E-state index contributed by atoms with van der Waals surface area (Å²) in [7, 11) is 0. The molecule has 0 aromatic heterocycles. The van der Waals surface area contributed by atoms with E-state index in [1.807, 2.05) is 30.0 Å². The molecule has 0 saturated carbocycles. The number of nitrogens with zero attached hydrogens (tertiary/aromatic N) is 3. The van der Waals surface area contributed by atoms with E-state index in [1.165, 1.54) is 11.8 Å². The molecule has 1 aliphatic rings. The Kier molecular flexibility index (Phi) is 5.66. The molecule has 1 saturated heterocycles. The lowest BCUT2D eigenvalue weighted by atomic mass is 10.2. The Morgan fingerprint density at radius 2 is 2.00 bits per heavy atom. The number of amides is 1. The van der Waals surface area contributed by atoms with Crippen LogP contribution >= 0.6 is 11.8 Å². The minimum absolute atomic E-state index is 0.160. The van der Waals surface area contributed by atoms with Crippen LogP contribution in [0.25, 0.3) is 0 Å². The average Bonchev–Trinajstić information content (AvgIpc) is 2.54. The number of rotatable bonds is 4. The van der Waals surface area contributed by atoms with Crippen LogP contribution in [0.15, 0.2) is 29.2 Å². The molecule has 1 aliphatic heterocycles. The minimum Gasteiger partial charge on any atom is -0.339 e. The van der Waals surface area contributed by atoms with Gasteiger partial charge in [0.1, 0.15) is 6.07 Å². The number of thioether (sulfide) groups is 1. The smallest absolute Gasteiger partial charge is 0.235 e. The number of carbonyl (C=O) groups excluding carboxylic acids is 1. The highest BCUT2D eigenvalue weighted by Gasteiger charge is 2.25. The first-order valence-electron chi connectivity index (χ1n) is 7.32. The number of carbonyl (C=O) groups is 1. The van der Waals surface area contributed by atoms with Crippen molar-refractivity contribution in [3.8, 4) is 6.07 Å². The molecule has 112 valence electrons. The van der Waals surface area contributed by atoms with Crippen LogP contribution in [0.4, 0.5) is 0 Å². The molecule has 1 heterocycles. The summed E-state index contributed by atoms with van der Waals surface area (Å²) in [5.74, 6) is 0.170. The van der Waals surface area contributed by atoms with Crippen molar-refractivity contribution in [2.45, 2.75) is 24.0 Å². The Morgan fingerprint density at radius 1 is 1.33 bits per heavy atom. The zero-order chi connectivity index (χ0) is 15.2. The molecule has 1 fully saturated rings. The van der Waals surface area contributed by atoms with Crippen molar-refractivity contribution in [3.05, 3.63) is 29.8 Å². The van der Waals surface area contributed by atoms with Crippen molar-refractivity contribution in [2.24, 2.45) is 0 Å². The topological polar surface area (TPSA) is 47.3 Å². The lowest BCUT2D eigenvalue weighted by molar-refractivity contribution is -0.132. The normalized spacial score (nSPS) is 17.3. The molecule has 4 nitrogen and oxygen atoms in total. The first-order chi connectivity index (χ1) is 10.2. The van der Waals surface area contributed by atoms with Crippen molar-refractivity contribution in [1.29, 1.82) is 5.26 Å². The van der Waals surface area contributed by atoms with Crippen LogP contribution in [0.3, 0.4) is 0 Å². The first-order valence-corrected chi connectivity index (χ1v) is 8.20. The molecule has 5 heteroatoms. The first kappa shape index (κ1) is 15.9. The van der Waals surface area contributed by atoms with Gasteiger partial charge in [-0.25, -0.2) is 0 Å². The molecule has 0 bridgehead atoms. The summed E-state index contributed by atoms with van der Waals surface area (Å²) >= 11 is 1.48. The largest absolute Gasteiger partial charge is 0.339 e. The number of hydrogen-bond acceptors (Lipinski definition) is 4. The van der Waals surface area contributed by atoms with E-state index in [0.717, 1.165) is 37.6 Å². The predicted molar refractivity (Wildman–Crippen MR) is 85.2 cm³/mol. The number of benzene rings is 1. The van der Waals surface area contributed by atoms with E-state index in [0.29, 0.717) is 5.56 Å². The third-order valence-corrected chi connectivity index (χ3v) is 4.96. The van der Waals surface area contributed by atoms with Gasteiger partial charge in [-0.15, -0.1) is 11.8 Å². The maximum Gasteiger partial charge on any atom is 0.235 e. The molecule has 1 aromatic rings. The van der Waals surface area contributed by atoms with Crippen molar-refractivity contribution in [3.63, 3.8) is 0 Å². The highest BCUT2D eigenvalue weighted by Crippen LogP contribution is 2.27. The van der Waals surface area contributed by atoms with E-state index < -0.39 is 0 Å². The summed E-state index contributed by atoms with van der Waals surface area (Å²) in [4.78, 5) is 17.7. The van der Waals surface area contributed by atoms with Crippen LogP contribution in [-0.2, 0) is 4.79 Å². The van der Waals surface area contributed by atoms with Crippen LogP contribution in [-0.4, -0.2) is 53.7 Å². The monoisotopic (exact) mass is 303 g/mol. The van der Waals surface area contributed by atoms with Gasteiger partial charge < -0.3 is 9.80 Å². The maximum atomic E-state index is 12.5. The lowest BCUT2D eigenvalue weighted by Crippen LogP contribution is -2.50. The Bertz CT molecular complexity index is 533. The predicted octanol–water partition coefficient (Wildman–Crippen LogP) is 2.20. The van der Waals surface area contributed by atoms with Crippen molar-refractivity contribution in [1.82, 2.24) is 9.80 Å². The van der Waals surface area contributed by atoms with Gasteiger partial charge in [0, 0.05) is 31.1 Å². The molecule has 0 radical (unpaired) electrons. The molecular formula is C16H21N3OS. The quantitative estimate of drug-likeness (QED) is 0.800. The molecule has 1 atom stereocenters. The minimum atomic E-state index is -0.160. The standard InChI is InChI=1S/C16H21N3OS/c1-3-18-8-10-19(11-9-18)16(20)13(2)21-15-7-5-4-6-14(15)12-17/h4-7,13H,3,8-11H2,1-2H3/t13-/m1/s1. The fraction of sp³-hybridized carbons (Fsp3) is 0.500. The Hall–Kier alpha value is -1.51. The summed E-state index contributed by atoms with van der Waals surface area (Å²) in [5, 5.41) is 8.95. The second-order valence-electron chi connectivity index (χ2n) is 5.13. The van der Waals surface area contributed by atoms with Gasteiger partial charge in [-0.3, -0.25) is 4.79 Å². The van der Waals surface area contributed by atoms with Gasteiger partial charge in [0.25, 0.3) is 0 Å². The van der Waals surface area contributed by atoms with E-state index in [2.05, 4.69) is 17.9 Å². The number of nitriles is 1. The van der Waals surface area contributed by atoms with Gasteiger partial charge in [0.05, 0.1) is 10.8 Å². The fourth-order valence-corrected chi connectivity index (χ4v) is 3.47. The van der Waals surface area contributed by atoms with Crippen molar-refractivity contribution in [2.75, 3.05) is 32.7 Å². The van der Waals surface area contributed by atoms with E-state index in [-0.39, 0.29) is 11.2 Å². The molecule has 1 amide bonds. The number of hydrogen-bond donors (Lipinski definition) is 0. The van der Waals surface area contributed by atoms with Gasteiger partial charge in [-0.05, 0) is 25.6 Å².